The predicted molar refractivity (Wildman–Crippen MR) is 136 cm³/mol. The number of aliphatic hydroxyl groups is 1. The summed E-state index contributed by atoms with van der Waals surface area (Å²) < 4.78 is 79.5. The maximum atomic E-state index is 13.7. The Morgan fingerprint density at radius 2 is 1.51 bits per heavy atom. The smallest absolute Gasteiger partial charge is 0.396 e. The van der Waals surface area contributed by atoms with Crippen LogP contribution in [0.5, 0.6) is 0 Å². The zero-order valence-electron chi connectivity index (χ0n) is 22.1. The summed E-state index contributed by atoms with van der Waals surface area (Å²) in [5.41, 5.74) is -2.09. The molecule has 0 spiro atoms. The van der Waals surface area contributed by atoms with Crippen LogP contribution in [0.4, 0.5) is 26.3 Å². The van der Waals surface area contributed by atoms with Crippen LogP contribution < -0.4 is 0 Å². The van der Waals surface area contributed by atoms with Crippen LogP contribution in [-0.4, -0.2) is 78.6 Å². The highest BCUT2D eigenvalue weighted by atomic mass is 19.4. The fourth-order valence-corrected chi connectivity index (χ4v) is 5.01. The minimum Gasteiger partial charge on any atom is -0.396 e. The second-order valence-electron chi connectivity index (χ2n) is 10.1. The number of piperidine rings is 1. The van der Waals surface area contributed by atoms with Crippen molar-refractivity contribution < 1.29 is 36.2 Å². The molecule has 3 rings (SSSR count). The number of carbonyl (C=O) groups excluding carboxylic acids is 1. The number of likely N-dealkylation sites (N-methyl/N-ethyl adjacent to an activating group) is 1. The molecular weight excluding hydrogens is 524 g/mol. The molecule has 5 nitrogen and oxygen atoms in total. The molecule has 39 heavy (non-hydrogen) atoms. The Morgan fingerprint density at radius 1 is 0.949 bits per heavy atom. The van der Waals surface area contributed by atoms with E-state index in [2.05, 4.69) is 9.80 Å². The monoisotopic (exact) mass is 559 g/mol. The lowest BCUT2D eigenvalue weighted by molar-refractivity contribution is -0.143. The number of amides is 1. The summed E-state index contributed by atoms with van der Waals surface area (Å²) in [5, 5.41) is 9.11. The lowest BCUT2D eigenvalue weighted by Crippen LogP contribution is -2.49. The van der Waals surface area contributed by atoms with Gasteiger partial charge >= 0.3 is 12.4 Å². The van der Waals surface area contributed by atoms with Crippen LogP contribution in [-0.2, 0) is 23.6 Å². The van der Waals surface area contributed by atoms with Gasteiger partial charge in [0.2, 0.25) is 5.91 Å². The SMILES string of the molecule is CN(CCc1cc(C(F)(F)F)cc(C(F)(F)F)c1)C(=O)C(c1ccccc1)N1CCC(N(C)CCCO)CC1. The Balaban J connectivity index is 1.75. The van der Waals surface area contributed by atoms with E-state index in [0.29, 0.717) is 37.7 Å². The molecular formula is C28H35F6N3O2. The number of halogens is 6. The molecule has 2 aromatic carbocycles. The third-order valence-electron chi connectivity index (χ3n) is 7.27. The Bertz CT molecular complexity index is 1040. The van der Waals surface area contributed by atoms with Crippen LogP contribution in [0.2, 0.25) is 0 Å². The highest BCUT2D eigenvalue weighted by Crippen LogP contribution is 2.36. The van der Waals surface area contributed by atoms with E-state index in [0.717, 1.165) is 24.9 Å². The summed E-state index contributed by atoms with van der Waals surface area (Å²) in [7, 11) is 3.54. The standard InChI is InChI=1S/C28H35F6N3O2/c1-35(12-6-16-38)24-10-14-37(15-11-24)25(21-7-4-3-5-8-21)26(39)36(2)13-9-20-17-22(27(29,30)31)19-23(18-20)28(32,33)34/h3-5,7-8,17-19,24-25,38H,6,9-16H2,1-2H3. The molecule has 1 atom stereocenters. The van der Waals surface area contributed by atoms with Crippen molar-refractivity contribution in [3.63, 3.8) is 0 Å². The maximum Gasteiger partial charge on any atom is 0.416 e. The van der Waals surface area contributed by atoms with Crippen molar-refractivity contribution in [2.24, 2.45) is 0 Å². The van der Waals surface area contributed by atoms with Gasteiger partial charge < -0.3 is 14.9 Å². The fraction of sp³-hybridized carbons (Fsp3) is 0.536. The first-order valence-electron chi connectivity index (χ1n) is 12.9. The summed E-state index contributed by atoms with van der Waals surface area (Å²) >= 11 is 0. The Kier molecular flexibility index (Phi) is 10.4. The van der Waals surface area contributed by atoms with Gasteiger partial charge in [0.1, 0.15) is 6.04 Å². The maximum absolute atomic E-state index is 13.7. The summed E-state index contributed by atoms with van der Waals surface area (Å²) in [6, 6.07) is 10.4. The highest BCUT2D eigenvalue weighted by Gasteiger charge is 2.37. The molecule has 1 heterocycles. The van der Waals surface area contributed by atoms with E-state index in [4.69, 9.17) is 5.11 Å². The van der Waals surface area contributed by atoms with E-state index < -0.39 is 29.5 Å². The van der Waals surface area contributed by atoms with E-state index in [1.54, 1.807) is 0 Å². The zero-order chi connectivity index (χ0) is 28.8. The number of benzene rings is 2. The van der Waals surface area contributed by atoms with Crippen LogP contribution in [0.3, 0.4) is 0 Å². The second-order valence-corrected chi connectivity index (χ2v) is 10.1. The zero-order valence-corrected chi connectivity index (χ0v) is 22.1. The van der Waals surface area contributed by atoms with Crippen LogP contribution in [0, 0.1) is 0 Å². The Labute approximate surface area is 225 Å². The minimum absolute atomic E-state index is 0.0405. The van der Waals surface area contributed by atoms with E-state index in [1.807, 2.05) is 37.4 Å². The van der Waals surface area contributed by atoms with Gasteiger partial charge in [-0.05, 0) is 62.1 Å². The van der Waals surface area contributed by atoms with Crippen LogP contribution in [0.15, 0.2) is 48.5 Å². The molecule has 1 unspecified atom stereocenters. The summed E-state index contributed by atoms with van der Waals surface area (Å²) in [6.07, 6.45) is -7.67. The van der Waals surface area contributed by atoms with Crippen molar-refractivity contribution in [1.29, 1.82) is 0 Å². The van der Waals surface area contributed by atoms with E-state index in [1.165, 1.54) is 11.9 Å². The van der Waals surface area contributed by atoms with Crippen LogP contribution in [0.1, 0.15) is 47.6 Å². The fourth-order valence-electron chi connectivity index (χ4n) is 5.01. The molecule has 216 valence electrons. The van der Waals surface area contributed by atoms with Crippen molar-refractivity contribution in [3.8, 4) is 0 Å². The number of hydrogen-bond acceptors (Lipinski definition) is 4. The molecule has 1 aliphatic heterocycles. The van der Waals surface area contributed by atoms with Gasteiger partial charge in [-0.1, -0.05) is 30.3 Å². The molecule has 0 aromatic heterocycles. The molecule has 0 bridgehead atoms. The molecule has 0 aliphatic carbocycles. The number of carbonyl (C=O) groups is 1. The molecule has 2 aromatic rings. The van der Waals surface area contributed by atoms with Gasteiger partial charge in [0.25, 0.3) is 0 Å². The van der Waals surface area contributed by atoms with Crippen LogP contribution in [0.25, 0.3) is 0 Å². The van der Waals surface area contributed by atoms with E-state index >= 15 is 0 Å². The number of rotatable bonds is 10. The topological polar surface area (TPSA) is 47.0 Å². The minimum atomic E-state index is -4.92. The predicted octanol–water partition coefficient (Wildman–Crippen LogP) is 5.25. The number of aliphatic hydroxyl groups excluding tert-OH is 1. The number of alkyl halides is 6. The molecule has 0 saturated carbocycles. The molecule has 11 heteroatoms. The van der Waals surface area contributed by atoms with Gasteiger partial charge in [-0.2, -0.15) is 26.3 Å². The average Bonchev–Trinajstić information content (AvgIpc) is 2.90. The van der Waals surface area contributed by atoms with Gasteiger partial charge in [0, 0.05) is 45.9 Å². The molecule has 1 amide bonds. The lowest BCUT2D eigenvalue weighted by atomic mass is 9.97. The first-order valence-corrected chi connectivity index (χ1v) is 12.9. The largest absolute Gasteiger partial charge is 0.416 e. The van der Waals surface area contributed by atoms with Gasteiger partial charge in [-0.25, -0.2) is 0 Å². The quantitative estimate of drug-likeness (QED) is 0.405. The second kappa shape index (κ2) is 13.1. The van der Waals surface area contributed by atoms with Gasteiger partial charge in [0.05, 0.1) is 11.1 Å². The van der Waals surface area contributed by atoms with Crippen LogP contribution >= 0.6 is 0 Å². The Hall–Kier alpha value is -2.63. The first kappa shape index (κ1) is 30.9. The molecule has 1 N–H and O–H groups in total. The number of likely N-dealkylation sites (tertiary alicyclic amines) is 1. The van der Waals surface area contributed by atoms with Crippen molar-refractivity contribution in [1.82, 2.24) is 14.7 Å². The number of nitrogens with zero attached hydrogens (tertiary/aromatic N) is 3. The molecule has 1 fully saturated rings. The lowest BCUT2D eigenvalue weighted by Gasteiger charge is -2.41. The normalized spacial score (nSPS) is 16.5. The summed E-state index contributed by atoms with van der Waals surface area (Å²) in [4.78, 5) is 19.3. The number of hydrogen-bond donors (Lipinski definition) is 1. The van der Waals surface area contributed by atoms with E-state index in [-0.39, 0.29) is 37.1 Å². The van der Waals surface area contributed by atoms with Gasteiger partial charge in [-0.3, -0.25) is 9.69 Å². The Morgan fingerprint density at radius 3 is 2.03 bits per heavy atom. The molecule has 1 saturated heterocycles. The highest BCUT2D eigenvalue weighted by molar-refractivity contribution is 5.83. The van der Waals surface area contributed by atoms with Crippen molar-refractivity contribution >= 4 is 5.91 Å². The molecule has 1 aliphatic rings. The van der Waals surface area contributed by atoms with Gasteiger partial charge in [0.15, 0.2) is 0 Å². The summed E-state index contributed by atoms with van der Waals surface area (Å²) in [5.74, 6) is -0.267. The molecule has 0 radical (unpaired) electrons. The first-order chi connectivity index (χ1) is 18.3. The van der Waals surface area contributed by atoms with Crippen molar-refractivity contribution in [2.75, 3.05) is 46.9 Å². The van der Waals surface area contributed by atoms with E-state index in [9.17, 15) is 31.1 Å². The summed E-state index contributed by atoms with van der Waals surface area (Å²) in [6.45, 7) is 2.15. The third kappa shape index (κ3) is 8.43. The van der Waals surface area contributed by atoms with Crippen molar-refractivity contribution in [3.05, 3.63) is 70.8 Å². The average molecular weight is 560 g/mol. The van der Waals surface area contributed by atoms with Crippen molar-refractivity contribution in [2.45, 2.75) is 50.1 Å². The third-order valence-corrected chi connectivity index (χ3v) is 7.27. The van der Waals surface area contributed by atoms with Gasteiger partial charge in [-0.15, -0.1) is 0 Å².